The molecule has 4 atom stereocenters. The van der Waals surface area contributed by atoms with Crippen LogP contribution in [0.3, 0.4) is 0 Å². The van der Waals surface area contributed by atoms with Gasteiger partial charge in [0.1, 0.15) is 12.1 Å². The lowest BCUT2D eigenvalue weighted by molar-refractivity contribution is -0.166. The molecule has 19 heavy (non-hydrogen) atoms. The third kappa shape index (κ3) is 1.96. The Morgan fingerprint density at radius 1 is 0.947 bits per heavy atom. The van der Waals surface area contributed by atoms with E-state index in [2.05, 4.69) is 6.92 Å². The maximum absolute atomic E-state index is 12.8. The van der Waals surface area contributed by atoms with E-state index >= 15 is 0 Å². The minimum absolute atomic E-state index is 0.162. The summed E-state index contributed by atoms with van der Waals surface area (Å²) in [7, 11) is 0. The molecule has 3 fully saturated rings. The topological polar surface area (TPSA) is 40.6 Å². The van der Waals surface area contributed by atoms with Crippen LogP contribution < -0.4 is 0 Å². The Hall–Kier alpha value is -1.06. The number of piperazine rings is 1. The molecule has 3 rings (SSSR count). The van der Waals surface area contributed by atoms with Crippen molar-refractivity contribution >= 4 is 11.8 Å². The Balaban J connectivity index is 1.87. The van der Waals surface area contributed by atoms with E-state index in [-0.39, 0.29) is 29.9 Å². The van der Waals surface area contributed by atoms with Crippen LogP contribution in [0.4, 0.5) is 0 Å². The predicted molar refractivity (Wildman–Crippen MR) is 72.5 cm³/mol. The van der Waals surface area contributed by atoms with E-state index in [1.165, 1.54) is 12.8 Å². The fourth-order valence-corrected chi connectivity index (χ4v) is 4.16. The number of hydrogen-bond donors (Lipinski definition) is 0. The van der Waals surface area contributed by atoms with Gasteiger partial charge in [0.25, 0.3) is 0 Å². The molecule has 3 aliphatic rings. The number of carbonyl (C=O) groups excluding carboxylic acids is 2. The van der Waals surface area contributed by atoms with Crippen LogP contribution in [0.5, 0.6) is 0 Å². The van der Waals surface area contributed by atoms with Crippen LogP contribution in [0, 0.1) is 5.92 Å². The molecule has 1 saturated carbocycles. The highest BCUT2D eigenvalue weighted by Crippen LogP contribution is 2.35. The lowest BCUT2D eigenvalue weighted by atomic mass is 9.92. The first-order valence-electron chi connectivity index (χ1n) is 7.74. The van der Waals surface area contributed by atoms with E-state index in [9.17, 15) is 9.59 Å². The van der Waals surface area contributed by atoms with E-state index in [4.69, 9.17) is 0 Å². The van der Waals surface area contributed by atoms with Gasteiger partial charge < -0.3 is 9.80 Å². The highest BCUT2D eigenvalue weighted by atomic mass is 16.2. The zero-order valence-electron chi connectivity index (χ0n) is 12.0. The van der Waals surface area contributed by atoms with Crippen molar-refractivity contribution in [3.8, 4) is 0 Å². The number of piperidine rings is 1. The molecule has 1 aliphatic carbocycles. The predicted octanol–water partition coefficient (Wildman–Crippen LogP) is 1.79. The molecule has 4 heteroatoms. The first-order valence-corrected chi connectivity index (χ1v) is 7.74. The van der Waals surface area contributed by atoms with E-state index in [1.807, 2.05) is 16.7 Å². The maximum Gasteiger partial charge on any atom is 0.246 e. The van der Waals surface area contributed by atoms with Crippen molar-refractivity contribution in [3.05, 3.63) is 0 Å². The van der Waals surface area contributed by atoms with E-state index in [0.717, 1.165) is 32.2 Å². The van der Waals surface area contributed by atoms with Crippen LogP contribution >= 0.6 is 0 Å². The second-order valence-electron chi connectivity index (χ2n) is 6.44. The standard InChI is InChI=1S/C15H24N2O2/c1-10-6-5-8-12(10)17-11(2)14(18)16-9-4-3-7-13(16)15(17)19/h10-13H,3-9H2,1-2H3. The van der Waals surface area contributed by atoms with Gasteiger partial charge in [-0.25, -0.2) is 0 Å². The van der Waals surface area contributed by atoms with E-state index < -0.39 is 0 Å². The monoisotopic (exact) mass is 264 g/mol. The van der Waals surface area contributed by atoms with Crippen LogP contribution in [0.2, 0.25) is 0 Å². The molecule has 2 amide bonds. The number of carbonyl (C=O) groups is 2. The van der Waals surface area contributed by atoms with Gasteiger partial charge in [-0.2, -0.15) is 0 Å². The fourth-order valence-electron chi connectivity index (χ4n) is 4.16. The quantitative estimate of drug-likeness (QED) is 0.724. The lowest BCUT2D eigenvalue weighted by Crippen LogP contribution is -2.67. The fraction of sp³-hybridized carbons (Fsp3) is 0.867. The van der Waals surface area contributed by atoms with Gasteiger partial charge in [0.15, 0.2) is 0 Å². The van der Waals surface area contributed by atoms with Crippen molar-refractivity contribution in [1.29, 1.82) is 0 Å². The minimum Gasteiger partial charge on any atom is -0.329 e. The van der Waals surface area contributed by atoms with Crippen molar-refractivity contribution in [2.75, 3.05) is 6.54 Å². The molecule has 2 heterocycles. The molecule has 0 radical (unpaired) electrons. The second kappa shape index (κ2) is 4.80. The van der Waals surface area contributed by atoms with E-state index in [0.29, 0.717) is 5.92 Å². The highest BCUT2D eigenvalue weighted by molar-refractivity contribution is 5.97. The summed E-state index contributed by atoms with van der Waals surface area (Å²) in [6.07, 6.45) is 6.41. The Labute approximate surface area is 115 Å². The highest BCUT2D eigenvalue weighted by Gasteiger charge is 2.48. The first kappa shape index (κ1) is 12.9. The summed E-state index contributed by atoms with van der Waals surface area (Å²) >= 11 is 0. The molecular weight excluding hydrogens is 240 g/mol. The Bertz CT molecular complexity index is 396. The third-order valence-electron chi connectivity index (χ3n) is 5.27. The second-order valence-corrected chi connectivity index (χ2v) is 6.44. The largest absolute Gasteiger partial charge is 0.329 e. The van der Waals surface area contributed by atoms with Gasteiger partial charge in [-0.3, -0.25) is 9.59 Å². The molecule has 2 aliphatic heterocycles. The normalized spacial score (nSPS) is 39.7. The van der Waals surface area contributed by atoms with Crippen LogP contribution in [-0.4, -0.2) is 46.3 Å². The van der Waals surface area contributed by atoms with Gasteiger partial charge in [0, 0.05) is 12.6 Å². The van der Waals surface area contributed by atoms with Crippen LogP contribution in [0.15, 0.2) is 0 Å². The number of hydrogen-bond acceptors (Lipinski definition) is 2. The average Bonchev–Trinajstić information content (AvgIpc) is 2.83. The zero-order chi connectivity index (χ0) is 13.6. The number of amides is 2. The van der Waals surface area contributed by atoms with Gasteiger partial charge in [0.2, 0.25) is 11.8 Å². The number of fused-ring (bicyclic) bond motifs is 1. The summed E-state index contributed by atoms with van der Waals surface area (Å²) in [6, 6.07) is -0.131. The van der Waals surface area contributed by atoms with E-state index in [1.54, 1.807) is 0 Å². The van der Waals surface area contributed by atoms with Gasteiger partial charge in [-0.1, -0.05) is 13.3 Å². The summed E-state index contributed by atoms with van der Waals surface area (Å²) < 4.78 is 0. The van der Waals surface area contributed by atoms with Crippen LogP contribution in [-0.2, 0) is 9.59 Å². The van der Waals surface area contributed by atoms with Gasteiger partial charge in [-0.05, 0) is 44.9 Å². The summed E-state index contributed by atoms with van der Waals surface area (Å²) in [6.45, 7) is 4.90. The summed E-state index contributed by atoms with van der Waals surface area (Å²) in [5.41, 5.74) is 0. The van der Waals surface area contributed by atoms with Gasteiger partial charge in [-0.15, -0.1) is 0 Å². The van der Waals surface area contributed by atoms with Crippen molar-refractivity contribution in [1.82, 2.24) is 9.80 Å². The Morgan fingerprint density at radius 3 is 2.42 bits per heavy atom. The molecule has 2 saturated heterocycles. The number of nitrogens with zero attached hydrogens (tertiary/aromatic N) is 2. The van der Waals surface area contributed by atoms with Crippen molar-refractivity contribution in [2.45, 2.75) is 70.5 Å². The van der Waals surface area contributed by atoms with Crippen molar-refractivity contribution < 1.29 is 9.59 Å². The van der Waals surface area contributed by atoms with Crippen LogP contribution in [0.1, 0.15) is 52.4 Å². The minimum atomic E-state index is -0.257. The molecule has 0 aromatic carbocycles. The summed E-state index contributed by atoms with van der Waals surface area (Å²) in [4.78, 5) is 29.1. The third-order valence-corrected chi connectivity index (χ3v) is 5.27. The SMILES string of the molecule is CC1CCCC1N1C(=O)C2CCCCN2C(=O)C1C. The molecule has 0 aromatic rings. The van der Waals surface area contributed by atoms with Gasteiger partial charge in [0.05, 0.1) is 0 Å². The summed E-state index contributed by atoms with van der Waals surface area (Å²) in [5, 5.41) is 0. The smallest absolute Gasteiger partial charge is 0.246 e. The molecule has 0 aromatic heterocycles. The summed E-state index contributed by atoms with van der Waals surface area (Å²) in [5.74, 6) is 0.920. The number of rotatable bonds is 1. The molecule has 4 nitrogen and oxygen atoms in total. The Morgan fingerprint density at radius 2 is 1.74 bits per heavy atom. The average molecular weight is 264 g/mol. The molecule has 0 bridgehead atoms. The molecule has 106 valence electrons. The molecule has 0 N–H and O–H groups in total. The zero-order valence-corrected chi connectivity index (χ0v) is 12.0. The first-order chi connectivity index (χ1) is 9.11. The van der Waals surface area contributed by atoms with Crippen molar-refractivity contribution in [2.24, 2.45) is 5.92 Å². The Kier molecular flexibility index (Phi) is 3.27. The maximum atomic E-state index is 12.8. The molecular formula is C15H24N2O2. The lowest BCUT2D eigenvalue weighted by Gasteiger charge is -2.48. The van der Waals surface area contributed by atoms with Crippen LogP contribution in [0.25, 0.3) is 0 Å². The van der Waals surface area contributed by atoms with Crippen molar-refractivity contribution in [3.63, 3.8) is 0 Å². The molecule has 4 unspecified atom stereocenters. The van der Waals surface area contributed by atoms with Gasteiger partial charge >= 0.3 is 0 Å². The molecule has 0 spiro atoms.